The van der Waals surface area contributed by atoms with Crippen molar-refractivity contribution in [2.24, 2.45) is 11.3 Å². The Hall–Kier alpha value is -3.34. The summed E-state index contributed by atoms with van der Waals surface area (Å²) in [6.07, 6.45) is 14.8. The Balaban J connectivity index is 1.20. The number of benzene rings is 2. The van der Waals surface area contributed by atoms with E-state index in [9.17, 15) is 5.11 Å². The molecule has 3 unspecified atom stereocenters. The minimum absolute atomic E-state index is 0.206. The van der Waals surface area contributed by atoms with Gasteiger partial charge in [-0.2, -0.15) is 9.97 Å². The summed E-state index contributed by atoms with van der Waals surface area (Å²) in [4.78, 5) is 12.5. The van der Waals surface area contributed by atoms with E-state index in [0.717, 1.165) is 58.0 Å². The van der Waals surface area contributed by atoms with Gasteiger partial charge in [0, 0.05) is 53.5 Å². The Bertz CT molecular complexity index is 1510. The van der Waals surface area contributed by atoms with Crippen LogP contribution in [0.4, 0.5) is 5.82 Å². The normalized spacial score (nSPS) is 24.0. The van der Waals surface area contributed by atoms with Gasteiger partial charge in [-0.3, -0.25) is 0 Å². The molecule has 1 aliphatic carbocycles. The van der Waals surface area contributed by atoms with Gasteiger partial charge in [0.2, 0.25) is 0 Å². The highest BCUT2D eigenvalue weighted by Gasteiger charge is 2.43. The summed E-state index contributed by atoms with van der Waals surface area (Å²) in [5.41, 5.74) is 4.00. The number of aromatic nitrogens is 2. The summed E-state index contributed by atoms with van der Waals surface area (Å²) in [6.45, 7) is 7.55. The smallest absolute Gasteiger partial charge is 0.318 e. The standard InChI is InChI=1S/C35H42N4O3/c1-4-23-8-5-9-24-15-27(40)16-28(32(23)24)31-17-30-29(20-41-31)33(39-18-25-10-11-26(19-39)36-25)38-34(37-30)42-21-35(13-14-35)12-6-7-22(2)3/h1,5,8-9,15-16,22,25-26,31,36,40H,6-7,10-14,17-21H2,2-3H3. The number of terminal acetylenes is 1. The van der Waals surface area contributed by atoms with Crippen molar-refractivity contribution in [3.05, 3.63) is 52.7 Å². The molecule has 0 spiro atoms. The summed E-state index contributed by atoms with van der Waals surface area (Å²) in [5, 5.41) is 16.2. The number of nitrogens with zero attached hydrogens (tertiary/aromatic N) is 3. The molecule has 3 atom stereocenters. The highest BCUT2D eigenvalue weighted by molar-refractivity contribution is 5.92. The lowest BCUT2D eigenvalue weighted by atomic mass is 9.92. The van der Waals surface area contributed by atoms with Crippen molar-refractivity contribution in [2.75, 3.05) is 24.6 Å². The highest BCUT2D eigenvalue weighted by Crippen LogP contribution is 2.50. The molecule has 2 aromatic carbocycles. The quantitative estimate of drug-likeness (QED) is 0.305. The molecule has 220 valence electrons. The molecule has 3 fully saturated rings. The molecule has 7 rings (SSSR count). The summed E-state index contributed by atoms with van der Waals surface area (Å²) in [7, 11) is 0. The Kier molecular flexibility index (Phi) is 7.24. The Morgan fingerprint density at radius 1 is 1.19 bits per heavy atom. The fourth-order valence-corrected chi connectivity index (χ4v) is 7.29. The van der Waals surface area contributed by atoms with Gasteiger partial charge in [0.25, 0.3) is 0 Å². The second kappa shape index (κ2) is 11.1. The largest absolute Gasteiger partial charge is 0.508 e. The van der Waals surface area contributed by atoms with E-state index in [4.69, 9.17) is 25.9 Å². The molecular weight excluding hydrogens is 524 g/mol. The molecular formula is C35H42N4O3. The average Bonchev–Trinajstić information content (AvgIpc) is 3.68. The number of hydrogen-bond acceptors (Lipinski definition) is 7. The van der Waals surface area contributed by atoms with E-state index in [1.165, 1.54) is 44.9 Å². The second-order valence-corrected chi connectivity index (χ2v) is 13.5. The van der Waals surface area contributed by atoms with Crippen molar-refractivity contribution in [3.63, 3.8) is 0 Å². The average molecular weight is 567 g/mol. The number of phenolic OH excluding ortho intramolecular Hbond substituents is 1. The minimum Gasteiger partial charge on any atom is -0.508 e. The molecule has 0 amide bonds. The van der Waals surface area contributed by atoms with E-state index in [-0.39, 0.29) is 17.3 Å². The van der Waals surface area contributed by atoms with Crippen LogP contribution in [0.3, 0.4) is 0 Å². The number of rotatable bonds is 9. The van der Waals surface area contributed by atoms with E-state index in [1.807, 2.05) is 18.2 Å². The third-order valence-electron chi connectivity index (χ3n) is 9.82. The van der Waals surface area contributed by atoms with Crippen LogP contribution in [0.25, 0.3) is 10.8 Å². The van der Waals surface area contributed by atoms with Crippen molar-refractivity contribution in [3.8, 4) is 24.1 Å². The van der Waals surface area contributed by atoms with Crippen LogP contribution in [-0.2, 0) is 17.8 Å². The van der Waals surface area contributed by atoms with E-state index >= 15 is 0 Å². The second-order valence-electron chi connectivity index (χ2n) is 13.5. The van der Waals surface area contributed by atoms with Gasteiger partial charge >= 0.3 is 6.01 Å². The molecule has 7 heteroatoms. The van der Waals surface area contributed by atoms with E-state index in [2.05, 4.69) is 30.0 Å². The fourth-order valence-electron chi connectivity index (χ4n) is 7.29. The lowest BCUT2D eigenvalue weighted by Crippen LogP contribution is -2.51. The van der Waals surface area contributed by atoms with Crippen LogP contribution in [0.5, 0.6) is 11.8 Å². The molecule has 42 heavy (non-hydrogen) atoms. The van der Waals surface area contributed by atoms with Gasteiger partial charge in [0.15, 0.2) is 0 Å². The lowest BCUT2D eigenvalue weighted by molar-refractivity contribution is 0.0263. The third kappa shape index (κ3) is 5.43. The predicted octanol–water partition coefficient (Wildman–Crippen LogP) is 6.06. The van der Waals surface area contributed by atoms with Gasteiger partial charge in [-0.25, -0.2) is 0 Å². The van der Waals surface area contributed by atoms with Gasteiger partial charge in [0.05, 0.1) is 25.0 Å². The summed E-state index contributed by atoms with van der Waals surface area (Å²) < 4.78 is 13.0. The van der Waals surface area contributed by atoms with Crippen molar-refractivity contribution in [2.45, 2.75) is 90.0 Å². The number of nitrogens with one attached hydrogen (secondary N) is 1. The van der Waals surface area contributed by atoms with Crippen LogP contribution in [0.2, 0.25) is 0 Å². The van der Waals surface area contributed by atoms with Gasteiger partial charge in [-0.15, -0.1) is 6.42 Å². The maximum atomic E-state index is 10.6. The Morgan fingerprint density at radius 2 is 2.00 bits per heavy atom. The minimum atomic E-state index is -0.290. The van der Waals surface area contributed by atoms with Crippen LogP contribution in [-0.4, -0.2) is 46.9 Å². The summed E-state index contributed by atoms with van der Waals surface area (Å²) >= 11 is 0. The van der Waals surface area contributed by atoms with E-state index in [0.29, 0.717) is 37.7 Å². The van der Waals surface area contributed by atoms with Crippen molar-refractivity contribution in [1.82, 2.24) is 15.3 Å². The molecule has 2 saturated heterocycles. The zero-order valence-electron chi connectivity index (χ0n) is 24.9. The topological polar surface area (TPSA) is 79.7 Å². The summed E-state index contributed by atoms with van der Waals surface area (Å²) in [6, 6.07) is 10.9. The molecule has 2 bridgehead atoms. The highest BCUT2D eigenvalue weighted by atomic mass is 16.5. The first-order valence-corrected chi connectivity index (χ1v) is 15.8. The van der Waals surface area contributed by atoms with Crippen LogP contribution >= 0.6 is 0 Å². The number of hydrogen-bond donors (Lipinski definition) is 2. The van der Waals surface area contributed by atoms with Crippen LogP contribution in [0, 0.1) is 23.7 Å². The molecule has 7 nitrogen and oxygen atoms in total. The van der Waals surface area contributed by atoms with E-state index in [1.54, 1.807) is 12.1 Å². The third-order valence-corrected chi connectivity index (χ3v) is 9.82. The number of anilines is 1. The first-order valence-electron chi connectivity index (χ1n) is 15.8. The fraction of sp³-hybridized carbons (Fsp3) is 0.543. The van der Waals surface area contributed by atoms with E-state index < -0.39 is 0 Å². The number of ether oxygens (including phenoxy) is 2. The number of phenols is 1. The molecule has 3 aliphatic heterocycles. The lowest BCUT2D eigenvalue weighted by Gasteiger charge is -2.36. The zero-order chi connectivity index (χ0) is 28.8. The number of fused-ring (bicyclic) bond motifs is 4. The first-order chi connectivity index (χ1) is 20.4. The van der Waals surface area contributed by atoms with Crippen LogP contribution < -0.4 is 15.0 Å². The van der Waals surface area contributed by atoms with Crippen LogP contribution in [0.15, 0.2) is 30.3 Å². The van der Waals surface area contributed by atoms with Crippen molar-refractivity contribution in [1.29, 1.82) is 0 Å². The number of piperazine rings is 1. The zero-order valence-corrected chi connectivity index (χ0v) is 24.9. The van der Waals surface area contributed by atoms with Crippen molar-refractivity contribution < 1.29 is 14.6 Å². The molecule has 3 aromatic rings. The molecule has 1 saturated carbocycles. The molecule has 1 aromatic heterocycles. The van der Waals surface area contributed by atoms with Crippen LogP contribution in [0.1, 0.15) is 87.3 Å². The SMILES string of the molecule is C#Cc1cccc2cc(O)cc(C3Cc4nc(OCC5(CCCC(C)C)CC5)nc(N5CC6CCC(C5)N6)c4CO3)c12. The Morgan fingerprint density at radius 3 is 2.74 bits per heavy atom. The van der Waals surface area contributed by atoms with Gasteiger partial charge < -0.3 is 24.8 Å². The van der Waals surface area contributed by atoms with Gasteiger partial charge in [0.1, 0.15) is 11.6 Å². The Labute approximate surface area is 249 Å². The molecule has 4 heterocycles. The summed E-state index contributed by atoms with van der Waals surface area (Å²) in [5.74, 6) is 4.72. The number of aromatic hydroxyl groups is 1. The maximum Gasteiger partial charge on any atom is 0.318 e. The monoisotopic (exact) mass is 566 g/mol. The molecule has 4 aliphatic rings. The predicted molar refractivity (Wildman–Crippen MR) is 165 cm³/mol. The molecule has 2 N–H and O–H groups in total. The first kappa shape index (κ1) is 27.5. The van der Waals surface area contributed by atoms with Gasteiger partial charge in [-0.05, 0) is 67.2 Å². The molecule has 0 radical (unpaired) electrons. The van der Waals surface area contributed by atoms with Gasteiger partial charge in [-0.1, -0.05) is 44.7 Å². The maximum absolute atomic E-state index is 10.6. The van der Waals surface area contributed by atoms with Crippen molar-refractivity contribution >= 4 is 16.6 Å².